The fourth-order valence-corrected chi connectivity index (χ4v) is 2.25. The van der Waals surface area contributed by atoms with Gasteiger partial charge in [-0.2, -0.15) is 0 Å². The predicted molar refractivity (Wildman–Crippen MR) is 73.1 cm³/mol. The van der Waals surface area contributed by atoms with Crippen molar-refractivity contribution in [2.24, 2.45) is 0 Å². The monoisotopic (exact) mass is 279 g/mol. The lowest BCUT2D eigenvalue weighted by molar-refractivity contribution is 0.211. The molecule has 0 spiro atoms. The summed E-state index contributed by atoms with van der Waals surface area (Å²) >= 11 is 13.2. The highest BCUT2D eigenvalue weighted by Crippen LogP contribution is 2.29. The van der Waals surface area contributed by atoms with Crippen LogP contribution in [0.15, 0.2) is 23.1 Å². The van der Waals surface area contributed by atoms with Gasteiger partial charge in [-0.25, -0.2) is 0 Å². The molecule has 0 heterocycles. The molecule has 0 saturated carbocycles. The summed E-state index contributed by atoms with van der Waals surface area (Å²) in [6.07, 6.45) is -0.542. The van der Waals surface area contributed by atoms with Crippen LogP contribution in [0.2, 0.25) is 5.02 Å². The van der Waals surface area contributed by atoms with E-state index in [1.54, 1.807) is 11.8 Å². The Morgan fingerprint density at radius 2 is 2.25 bits per heavy atom. The third-order valence-corrected chi connectivity index (χ3v) is 3.49. The second-order valence-corrected chi connectivity index (χ2v) is 5.31. The number of hydrogen-bond acceptors (Lipinski definition) is 3. The van der Waals surface area contributed by atoms with Crippen LogP contribution in [-0.2, 0) is 0 Å². The van der Waals surface area contributed by atoms with Gasteiger partial charge in [-0.05, 0) is 24.0 Å². The Balaban J connectivity index is 2.71. The topological polar surface area (TPSA) is 32.3 Å². The highest BCUT2D eigenvalue weighted by Gasteiger charge is 2.06. The van der Waals surface area contributed by atoms with Gasteiger partial charge in [0.25, 0.3) is 0 Å². The van der Waals surface area contributed by atoms with Gasteiger partial charge < -0.3 is 10.4 Å². The van der Waals surface area contributed by atoms with Gasteiger partial charge in [0.1, 0.15) is 0 Å². The molecule has 0 bridgehead atoms. The van der Waals surface area contributed by atoms with Crippen molar-refractivity contribution >= 4 is 40.7 Å². The van der Waals surface area contributed by atoms with Gasteiger partial charge in [-0.3, -0.25) is 0 Å². The minimum atomic E-state index is -0.542. The number of benzene rings is 1. The Labute approximate surface area is 110 Å². The van der Waals surface area contributed by atoms with Crippen molar-refractivity contribution in [3.8, 4) is 0 Å². The zero-order valence-corrected chi connectivity index (χ0v) is 11.4. The van der Waals surface area contributed by atoms with Crippen molar-refractivity contribution in [3.63, 3.8) is 0 Å². The summed E-state index contributed by atoms with van der Waals surface area (Å²) in [6.45, 7) is 2.53. The van der Waals surface area contributed by atoms with E-state index in [0.717, 1.165) is 16.3 Å². The number of aliphatic hydroxyl groups is 1. The number of nitrogens with one attached hydrogen (secondary N) is 1. The van der Waals surface area contributed by atoms with Crippen LogP contribution >= 0.6 is 35.0 Å². The molecule has 0 aliphatic heterocycles. The molecule has 0 saturated heterocycles. The molecule has 1 aromatic carbocycles. The lowest BCUT2D eigenvalue weighted by Crippen LogP contribution is -2.21. The van der Waals surface area contributed by atoms with Crippen LogP contribution in [0.25, 0.3) is 0 Å². The summed E-state index contributed by atoms with van der Waals surface area (Å²) in [7, 11) is 0. The molecule has 1 unspecified atom stereocenters. The highest BCUT2D eigenvalue weighted by atomic mass is 35.5. The summed E-state index contributed by atoms with van der Waals surface area (Å²) < 4.78 is 0. The molecule has 2 N–H and O–H groups in total. The maximum absolute atomic E-state index is 9.38. The van der Waals surface area contributed by atoms with E-state index in [-0.39, 0.29) is 5.88 Å². The Morgan fingerprint density at radius 3 is 2.88 bits per heavy atom. The Hall–Kier alpha value is -0.0900. The number of rotatable bonds is 6. The van der Waals surface area contributed by atoms with E-state index in [4.69, 9.17) is 23.2 Å². The van der Waals surface area contributed by atoms with E-state index in [0.29, 0.717) is 11.6 Å². The van der Waals surface area contributed by atoms with Crippen molar-refractivity contribution in [2.75, 3.05) is 23.5 Å². The first-order valence-corrected chi connectivity index (χ1v) is 6.97. The first-order chi connectivity index (χ1) is 7.67. The molecule has 1 aromatic rings. The SMILES string of the molecule is CCSc1ccc(Cl)cc1NCC(O)CCl. The van der Waals surface area contributed by atoms with E-state index in [1.165, 1.54) is 0 Å². The van der Waals surface area contributed by atoms with E-state index in [2.05, 4.69) is 12.2 Å². The molecule has 0 aliphatic rings. The molecular formula is C11H15Cl2NOS. The second kappa shape index (κ2) is 7.28. The summed E-state index contributed by atoms with van der Waals surface area (Å²) in [5.41, 5.74) is 0.948. The van der Waals surface area contributed by atoms with Gasteiger partial charge in [-0.15, -0.1) is 23.4 Å². The van der Waals surface area contributed by atoms with Crippen molar-refractivity contribution in [3.05, 3.63) is 23.2 Å². The number of anilines is 1. The molecule has 0 amide bonds. The second-order valence-electron chi connectivity index (χ2n) is 3.26. The lowest BCUT2D eigenvalue weighted by Gasteiger charge is -2.13. The van der Waals surface area contributed by atoms with E-state index >= 15 is 0 Å². The van der Waals surface area contributed by atoms with Crippen LogP contribution in [0, 0.1) is 0 Å². The Morgan fingerprint density at radius 1 is 1.50 bits per heavy atom. The quantitative estimate of drug-likeness (QED) is 0.618. The maximum atomic E-state index is 9.38. The zero-order chi connectivity index (χ0) is 12.0. The van der Waals surface area contributed by atoms with Crippen LogP contribution < -0.4 is 5.32 Å². The molecule has 0 aromatic heterocycles. The van der Waals surface area contributed by atoms with Crippen LogP contribution in [-0.4, -0.2) is 29.4 Å². The fraction of sp³-hybridized carbons (Fsp3) is 0.455. The zero-order valence-electron chi connectivity index (χ0n) is 9.04. The standard InChI is InChI=1S/C11H15Cl2NOS/c1-2-16-11-4-3-8(13)5-10(11)14-7-9(15)6-12/h3-5,9,14-15H,2,6-7H2,1H3. The van der Waals surface area contributed by atoms with E-state index < -0.39 is 6.10 Å². The number of halogens is 2. The smallest absolute Gasteiger partial charge is 0.0847 e. The molecule has 2 nitrogen and oxygen atoms in total. The lowest BCUT2D eigenvalue weighted by atomic mass is 10.3. The first-order valence-electron chi connectivity index (χ1n) is 5.07. The van der Waals surface area contributed by atoms with Crippen molar-refractivity contribution in [2.45, 2.75) is 17.9 Å². The number of thioether (sulfide) groups is 1. The molecule has 0 radical (unpaired) electrons. The summed E-state index contributed by atoms with van der Waals surface area (Å²) in [4.78, 5) is 1.13. The van der Waals surface area contributed by atoms with Gasteiger partial charge in [-0.1, -0.05) is 18.5 Å². The Kier molecular flexibility index (Phi) is 6.36. The molecule has 0 aliphatic carbocycles. The van der Waals surface area contributed by atoms with Crippen LogP contribution in [0.3, 0.4) is 0 Å². The van der Waals surface area contributed by atoms with Crippen molar-refractivity contribution in [1.29, 1.82) is 0 Å². The van der Waals surface area contributed by atoms with Crippen LogP contribution in [0.4, 0.5) is 5.69 Å². The van der Waals surface area contributed by atoms with E-state index in [1.807, 2.05) is 18.2 Å². The molecule has 16 heavy (non-hydrogen) atoms. The van der Waals surface area contributed by atoms with Crippen LogP contribution in [0.1, 0.15) is 6.92 Å². The molecule has 1 atom stereocenters. The number of aliphatic hydroxyl groups excluding tert-OH is 1. The summed E-state index contributed by atoms with van der Waals surface area (Å²) in [6, 6.07) is 5.70. The average molecular weight is 280 g/mol. The largest absolute Gasteiger partial charge is 0.390 e. The van der Waals surface area contributed by atoms with Gasteiger partial charge in [0.2, 0.25) is 0 Å². The minimum absolute atomic E-state index is 0.226. The summed E-state index contributed by atoms with van der Waals surface area (Å²) in [5, 5.41) is 13.2. The molecule has 1 rings (SSSR count). The highest BCUT2D eigenvalue weighted by molar-refractivity contribution is 7.99. The normalized spacial score (nSPS) is 12.5. The first kappa shape index (κ1) is 14.0. The molecular weight excluding hydrogens is 265 g/mol. The predicted octanol–water partition coefficient (Wildman–Crippen LogP) is 3.46. The average Bonchev–Trinajstić information content (AvgIpc) is 2.29. The van der Waals surface area contributed by atoms with Crippen molar-refractivity contribution in [1.82, 2.24) is 0 Å². The molecule has 90 valence electrons. The van der Waals surface area contributed by atoms with Gasteiger partial charge in [0.05, 0.1) is 12.0 Å². The van der Waals surface area contributed by atoms with Crippen molar-refractivity contribution < 1.29 is 5.11 Å². The van der Waals surface area contributed by atoms with Crippen LogP contribution in [0.5, 0.6) is 0 Å². The van der Waals surface area contributed by atoms with E-state index in [9.17, 15) is 5.11 Å². The fourth-order valence-electron chi connectivity index (χ4n) is 1.20. The van der Waals surface area contributed by atoms with Gasteiger partial charge in [0, 0.05) is 22.2 Å². The summed E-state index contributed by atoms with van der Waals surface area (Å²) in [5.74, 6) is 1.22. The number of alkyl halides is 1. The number of hydrogen-bond donors (Lipinski definition) is 2. The third kappa shape index (κ3) is 4.42. The molecule has 0 fully saturated rings. The van der Waals surface area contributed by atoms with Gasteiger partial charge in [0.15, 0.2) is 0 Å². The van der Waals surface area contributed by atoms with Gasteiger partial charge >= 0.3 is 0 Å². The maximum Gasteiger partial charge on any atom is 0.0847 e. The minimum Gasteiger partial charge on any atom is -0.390 e. The Bertz CT molecular complexity index is 336. The third-order valence-electron chi connectivity index (χ3n) is 1.95. The molecule has 5 heteroatoms.